The van der Waals surface area contributed by atoms with Crippen LogP contribution in [0.4, 0.5) is 5.82 Å². The van der Waals surface area contributed by atoms with Crippen molar-refractivity contribution in [2.24, 2.45) is 0 Å². The van der Waals surface area contributed by atoms with Crippen LogP contribution in [0.3, 0.4) is 0 Å². The smallest absolute Gasteiger partial charge is 0.341 e. The maximum absolute atomic E-state index is 10.9. The second-order valence-corrected chi connectivity index (χ2v) is 2.94. The van der Waals surface area contributed by atoms with Crippen molar-refractivity contribution in [3.05, 3.63) is 30.2 Å². The first-order valence-corrected chi connectivity index (χ1v) is 4.22. The summed E-state index contributed by atoms with van der Waals surface area (Å²) in [6, 6.07) is 0. The molecule has 0 fully saturated rings. The standard InChI is InChI=1S/C9H9N3O2/c13-9(14)7-5-10-6-11-8(7)12-3-1-2-4-12/h1-2,5-6H,3-4H2,(H,13,14). The molecule has 5 heteroatoms. The second kappa shape index (κ2) is 3.45. The Labute approximate surface area is 80.7 Å². The van der Waals surface area contributed by atoms with E-state index in [4.69, 9.17) is 5.11 Å². The van der Waals surface area contributed by atoms with Crippen molar-refractivity contribution in [3.8, 4) is 0 Å². The van der Waals surface area contributed by atoms with Crippen LogP contribution in [0.2, 0.25) is 0 Å². The van der Waals surface area contributed by atoms with Gasteiger partial charge in [0, 0.05) is 19.3 Å². The van der Waals surface area contributed by atoms with Crippen molar-refractivity contribution >= 4 is 11.8 Å². The summed E-state index contributed by atoms with van der Waals surface area (Å²) >= 11 is 0. The lowest BCUT2D eigenvalue weighted by Crippen LogP contribution is -2.22. The largest absolute Gasteiger partial charge is 0.477 e. The van der Waals surface area contributed by atoms with E-state index in [0.717, 1.165) is 0 Å². The molecule has 0 unspecified atom stereocenters. The Kier molecular flexibility index (Phi) is 2.14. The summed E-state index contributed by atoms with van der Waals surface area (Å²) in [6.07, 6.45) is 6.64. The summed E-state index contributed by atoms with van der Waals surface area (Å²) < 4.78 is 0. The SMILES string of the molecule is O=C(O)c1cncnc1N1CC=CC1. The monoisotopic (exact) mass is 191 g/mol. The molecule has 14 heavy (non-hydrogen) atoms. The fourth-order valence-corrected chi connectivity index (χ4v) is 1.38. The number of carboxylic acid groups (broad SMARTS) is 1. The molecule has 0 aliphatic carbocycles. The molecule has 1 N–H and O–H groups in total. The van der Waals surface area contributed by atoms with E-state index < -0.39 is 5.97 Å². The van der Waals surface area contributed by atoms with Crippen molar-refractivity contribution in [1.29, 1.82) is 0 Å². The number of hydrogen-bond donors (Lipinski definition) is 1. The van der Waals surface area contributed by atoms with Crippen LogP contribution < -0.4 is 4.90 Å². The molecule has 1 aromatic rings. The molecule has 0 radical (unpaired) electrons. The normalized spacial score (nSPS) is 14.7. The molecule has 1 aromatic heterocycles. The van der Waals surface area contributed by atoms with Crippen LogP contribution >= 0.6 is 0 Å². The summed E-state index contributed by atoms with van der Waals surface area (Å²) in [5.74, 6) is -0.509. The topological polar surface area (TPSA) is 66.3 Å². The van der Waals surface area contributed by atoms with Crippen molar-refractivity contribution in [3.63, 3.8) is 0 Å². The number of anilines is 1. The third-order valence-electron chi connectivity index (χ3n) is 2.04. The van der Waals surface area contributed by atoms with Gasteiger partial charge in [0.25, 0.3) is 0 Å². The summed E-state index contributed by atoms with van der Waals surface area (Å²) in [5.41, 5.74) is 0.149. The Bertz CT molecular complexity index is 381. The highest BCUT2D eigenvalue weighted by Gasteiger charge is 2.17. The molecule has 0 aromatic carbocycles. The van der Waals surface area contributed by atoms with Gasteiger partial charge < -0.3 is 10.0 Å². The van der Waals surface area contributed by atoms with Crippen LogP contribution in [0.5, 0.6) is 0 Å². The Hall–Kier alpha value is -1.91. The van der Waals surface area contributed by atoms with Gasteiger partial charge in [-0.1, -0.05) is 12.2 Å². The minimum Gasteiger partial charge on any atom is -0.477 e. The summed E-state index contributed by atoms with van der Waals surface area (Å²) in [5, 5.41) is 8.90. The molecule has 2 rings (SSSR count). The minimum atomic E-state index is -0.993. The Morgan fingerprint density at radius 1 is 1.43 bits per heavy atom. The number of hydrogen-bond acceptors (Lipinski definition) is 4. The van der Waals surface area contributed by atoms with Crippen LogP contribution in [-0.2, 0) is 0 Å². The third-order valence-corrected chi connectivity index (χ3v) is 2.04. The first kappa shape index (κ1) is 8.68. The van der Waals surface area contributed by atoms with Crippen LogP contribution in [0.15, 0.2) is 24.7 Å². The number of rotatable bonds is 2. The fraction of sp³-hybridized carbons (Fsp3) is 0.222. The number of nitrogens with zero attached hydrogens (tertiary/aromatic N) is 3. The van der Waals surface area contributed by atoms with Crippen molar-refractivity contribution in [1.82, 2.24) is 9.97 Å². The molecule has 72 valence electrons. The van der Waals surface area contributed by atoms with Gasteiger partial charge in [0.2, 0.25) is 0 Å². The van der Waals surface area contributed by atoms with Gasteiger partial charge in [0.15, 0.2) is 0 Å². The maximum Gasteiger partial charge on any atom is 0.341 e. The van der Waals surface area contributed by atoms with Gasteiger partial charge >= 0.3 is 5.97 Å². The number of aromatic nitrogens is 2. The van der Waals surface area contributed by atoms with Crippen LogP contribution in [0, 0.1) is 0 Å². The molecule has 1 aliphatic heterocycles. The summed E-state index contributed by atoms with van der Waals surface area (Å²) in [7, 11) is 0. The van der Waals surface area contributed by atoms with E-state index in [9.17, 15) is 4.79 Å². The Balaban J connectivity index is 2.36. The van der Waals surface area contributed by atoms with Crippen molar-refractivity contribution in [2.75, 3.05) is 18.0 Å². The lowest BCUT2D eigenvalue weighted by atomic mass is 10.3. The molecule has 0 bridgehead atoms. The van der Waals surface area contributed by atoms with Crippen LogP contribution in [0.1, 0.15) is 10.4 Å². The highest BCUT2D eigenvalue weighted by molar-refractivity contribution is 5.93. The third kappa shape index (κ3) is 1.44. The van der Waals surface area contributed by atoms with Gasteiger partial charge in [-0.15, -0.1) is 0 Å². The molecule has 0 spiro atoms. The molecule has 1 aliphatic rings. The van der Waals surface area contributed by atoms with E-state index in [-0.39, 0.29) is 5.56 Å². The second-order valence-electron chi connectivity index (χ2n) is 2.94. The number of aromatic carboxylic acids is 1. The lowest BCUT2D eigenvalue weighted by molar-refractivity contribution is 0.0696. The average Bonchev–Trinajstić information content (AvgIpc) is 2.70. The molecule has 0 saturated heterocycles. The van der Waals surface area contributed by atoms with E-state index in [1.54, 1.807) is 0 Å². The minimum absolute atomic E-state index is 0.149. The molecule has 2 heterocycles. The van der Waals surface area contributed by atoms with Gasteiger partial charge in [0.05, 0.1) is 0 Å². The first-order chi connectivity index (χ1) is 6.79. The molecule has 0 atom stereocenters. The van der Waals surface area contributed by atoms with E-state index in [1.807, 2.05) is 17.1 Å². The molecular weight excluding hydrogens is 182 g/mol. The fourth-order valence-electron chi connectivity index (χ4n) is 1.38. The molecule has 5 nitrogen and oxygen atoms in total. The van der Waals surface area contributed by atoms with E-state index in [2.05, 4.69) is 9.97 Å². The zero-order valence-electron chi connectivity index (χ0n) is 7.42. The van der Waals surface area contributed by atoms with Crippen molar-refractivity contribution in [2.45, 2.75) is 0 Å². The van der Waals surface area contributed by atoms with E-state index in [1.165, 1.54) is 12.5 Å². The van der Waals surface area contributed by atoms with Crippen LogP contribution in [0.25, 0.3) is 0 Å². The van der Waals surface area contributed by atoms with Crippen LogP contribution in [-0.4, -0.2) is 34.1 Å². The zero-order chi connectivity index (χ0) is 9.97. The lowest BCUT2D eigenvalue weighted by Gasteiger charge is -2.17. The average molecular weight is 191 g/mol. The zero-order valence-corrected chi connectivity index (χ0v) is 7.42. The molecule has 0 amide bonds. The van der Waals surface area contributed by atoms with Gasteiger partial charge in [-0.25, -0.2) is 14.8 Å². The number of carbonyl (C=O) groups is 1. The van der Waals surface area contributed by atoms with Gasteiger partial charge in [-0.3, -0.25) is 0 Å². The first-order valence-electron chi connectivity index (χ1n) is 4.22. The van der Waals surface area contributed by atoms with Crippen molar-refractivity contribution < 1.29 is 9.90 Å². The van der Waals surface area contributed by atoms with E-state index >= 15 is 0 Å². The Morgan fingerprint density at radius 2 is 2.14 bits per heavy atom. The highest BCUT2D eigenvalue weighted by atomic mass is 16.4. The Morgan fingerprint density at radius 3 is 2.79 bits per heavy atom. The van der Waals surface area contributed by atoms with Gasteiger partial charge in [-0.2, -0.15) is 0 Å². The summed E-state index contributed by atoms with van der Waals surface area (Å²) in [6.45, 7) is 1.41. The highest BCUT2D eigenvalue weighted by Crippen LogP contribution is 2.17. The molecular formula is C9H9N3O2. The number of carboxylic acids is 1. The molecule has 0 saturated carbocycles. The quantitative estimate of drug-likeness (QED) is 0.691. The predicted octanol–water partition coefficient (Wildman–Crippen LogP) is 0.551. The van der Waals surface area contributed by atoms with E-state index in [0.29, 0.717) is 18.9 Å². The predicted molar refractivity (Wildman–Crippen MR) is 50.3 cm³/mol. The maximum atomic E-state index is 10.9. The summed E-state index contributed by atoms with van der Waals surface area (Å²) in [4.78, 5) is 20.4. The van der Waals surface area contributed by atoms with Gasteiger partial charge in [0.1, 0.15) is 17.7 Å². The van der Waals surface area contributed by atoms with Gasteiger partial charge in [-0.05, 0) is 0 Å².